The summed E-state index contributed by atoms with van der Waals surface area (Å²) in [6, 6.07) is 10.8. The fourth-order valence-corrected chi connectivity index (χ4v) is 3.31. The molecule has 1 aliphatic rings. The van der Waals surface area contributed by atoms with Gasteiger partial charge < -0.3 is 9.72 Å². The van der Waals surface area contributed by atoms with Crippen molar-refractivity contribution in [1.82, 2.24) is 9.88 Å². The lowest BCUT2D eigenvalue weighted by atomic mass is 10.1. The van der Waals surface area contributed by atoms with Crippen LogP contribution in [0.1, 0.15) is 36.8 Å². The minimum Gasteiger partial charge on any atom is -0.464 e. The molecule has 2 aromatic carbocycles. The van der Waals surface area contributed by atoms with Crippen LogP contribution in [0.5, 0.6) is 0 Å². The van der Waals surface area contributed by atoms with E-state index in [4.69, 9.17) is 0 Å². The lowest BCUT2D eigenvalue weighted by molar-refractivity contribution is -0.383. The van der Waals surface area contributed by atoms with Gasteiger partial charge in [0.15, 0.2) is 0 Å². The molecule has 1 aromatic heterocycles. The lowest BCUT2D eigenvalue weighted by Gasteiger charge is -2.14. The summed E-state index contributed by atoms with van der Waals surface area (Å²) in [5.41, 5.74) is 0.966. The summed E-state index contributed by atoms with van der Waals surface area (Å²) in [6.07, 6.45) is 0. The van der Waals surface area contributed by atoms with Crippen molar-refractivity contribution >= 4 is 34.4 Å². The van der Waals surface area contributed by atoms with Gasteiger partial charge in [-0.2, -0.15) is 0 Å². The van der Waals surface area contributed by atoms with Gasteiger partial charge in [-0.05, 0) is 29.8 Å². The van der Waals surface area contributed by atoms with Crippen LogP contribution in [0, 0.1) is 10.1 Å². The zero-order valence-electron chi connectivity index (χ0n) is 14.6. The third-order valence-corrected chi connectivity index (χ3v) is 4.59. The number of hydrogen-bond donors (Lipinski definition) is 1. The number of benzene rings is 2. The van der Waals surface area contributed by atoms with Gasteiger partial charge in [0.1, 0.15) is 11.2 Å². The zero-order valence-corrected chi connectivity index (χ0v) is 14.6. The topological polar surface area (TPSA) is 123 Å². The Balaban J connectivity index is 1.76. The van der Waals surface area contributed by atoms with Gasteiger partial charge in [-0.15, -0.1) is 0 Å². The second kappa shape index (κ2) is 6.31. The van der Waals surface area contributed by atoms with Crippen LogP contribution < -0.4 is 0 Å². The molecule has 140 valence electrons. The summed E-state index contributed by atoms with van der Waals surface area (Å²) in [5, 5.41) is 11.9. The molecule has 0 bridgehead atoms. The maximum Gasteiger partial charge on any atom is 0.354 e. The monoisotopic (exact) mass is 379 g/mol. The van der Waals surface area contributed by atoms with E-state index in [1.54, 1.807) is 30.3 Å². The molecule has 0 radical (unpaired) electrons. The largest absolute Gasteiger partial charge is 0.464 e. The van der Waals surface area contributed by atoms with Crippen LogP contribution in [0.3, 0.4) is 0 Å². The molecule has 28 heavy (non-hydrogen) atoms. The summed E-state index contributed by atoms with van der Waals surface area (Å²) in [5.74, 6) is -1.56. The number of nitrogens with one attached hydrogen (secondary N) is 1. The third-order valence-electron chi connectivity index (χ3n) is 4.59. The zero-order chi connectivity index (χ0) is 20.0. The van der Waals surface area contributed by atoms with Crippen LogP contribution in [0.15, 0.2) is 42.5 Å². The molecule has 3 aromatic rings. The molecular weight excluding hydrogens is 366 g/mol. The number of nitrogens with zero attached hydrogens (tertiary/aromatic N) is 2. The first-order valence-corrected chi connectivity index (χ1v) is 8.24. The summed E-state index contributed by atoms with van der Waals surface area (Å²) in [4.78, 5) is 51.4. The highest BCUT2D eigenvalue weighted by atomic mass is 16.6. The average Bonchev–Trinajstić information content (AvgIpc) is 3.22. The molecule has 0 spiro atoms. The molecule has 9 nitrogen and oxygen atoms in total. The molecule has 0 aliphatic carbocycles. The van der Waals surface area contributed by atoms with Gasteiger partial charge in [0, 0.05) is 11.5 Å². The molecule has 0 saturated carbocycles. The first kappa shape index (κ1) is 17.4. The Bertz CT molecular complexity index is 1140. The molecule has 1 N–H and O–H groups in total. The van der Waals surface area contributed by atoms with Gasteiger partial charge in [-0.3, -0.25) is 24.6 Å². The van der Waals surface area contributed by atoms with Crippen LogP contribution in [-0.4, -0.2) is 39.7 Å². The minimum atomic E-state index is -0.660. The standard InChI is InChI=1S/C19H13N3O6/c1-28-19(25)14-8-11-6-10(7-15(22(26)27)16(11)20-14)9-21-17(23)12-4-2-3-5-13(12)18(21)24/h2-8,20H,9H2,1H3. The maximum absolute atomic E-state index is 12.5. The van der Waals surface area contributed by atoms with Crippen LogP contribution in [0.4, 0.5) is 5.69 Å². The number of methoxy groups -OCH3 is 1. The van der Waals surface area contributed by atoms with Gasteiger partial charge in [0.25, 0.3) is 17.5 Å². The van der Waals surface area contributed by atoms with Crippen molar-refractivity contribution in [2.24, 2.45) is 0 Å². The van der Waals surface area contributed by atoms with E-state index in [2.05, 4.69) is 9.72 Å². The van der Waals surface area contributed by atoms with Crippen molar-refractivity contribution < 1.29 is 24.0 Å². The number of non-ortho nitro benzene ring substituents is 1. The van der Waals surface area contributed by atoms with Crippen molar-refractivity contribution in [3.05, 3.63) is 75.0 Å². The number of imide groups is 1. The van der Waals surface area contributed by atoms with Gasteiger partial charge in [-0.1, -0.05) is 12.1 Å². The van der Waals surface area contributed by atoms with Gasteiger partial charge in [-0.25, -0.2) is 4.79 Å². The molecule has 0 atom stereocenters. The van der Waals surface area contributed by atoms with E-state index in [1.165, 1.54) is 19.2 Å². The highest BCUT2D eigenvalue weighted by Crippen LogP contribution is 2.30. The summed E-state index contributed by atoms with van der Waals surface area (Å²) < 4.78 is 4.63. The Morgan fingerprint density at radius 3 is 2.36 bits per heavy atom. The Kier molecular flexibility index (Phi) is 3.92. The van der Waals surface area contributed by atoms with Crippen molar-refractivity contribution in [3.63, 3.8) is 0 Å². The number of nitro benzene ring substituents is 1. The molecule has 1 aliphatic heterocycles. The Labute approximate surface area is 157 Å². The van der Waals surface area contributed by atoms with Crippen molar-refractivity contribution in [3.8, 4) is 0 Å². The average molecular weight is 379 g/mol. The first-order valence-electron chi connectivity index (χ1n) is 8.24. The van der Waals surface area contributed by atoms with Gasteiger partial charge in [0.05, 0.1) is 29.7 Å². The van der Waals surface area contributed by atoms with Crippen LogP contribution in [0.25, 0.3) is 10.9 Å². The second-order valence-corrected chi connectivity index (χ2v) is 6.25. The predicted octanol–water partition coefficient (Wildman–Crippen LogP) is 2.66. The maximum atomic E-state index is 12.5. The number of aromatic amines is 1. The highest BCUT2D eigenvalue weighted by Gasteiger charge is 2.35. The number of fused-ring (bicyclic) bond motifs is 2. The molecular formula is C19H13N3O6. The van der Waals surface area contributed by atoms with Crippen molar-refractivity contribution in [2.45, 2.75) is 6.54 Å². The molecule has 2 amide bonds. The summed E-state index contributed by atoms with van der Waals surface area (Å²) >= 11 is 0. The molecule has 0 fully saturated rings. The second-order valence-electron chi connectivity index (χ2n) is 6.25. The first-order chi connectivity index (χ1) is 13.4. The normalized spacial score (nSPS) is 13.1. The number of amides is 2. The fraction of sp³-hybridized carbons (Fsp3) is 0.105. The Morgan fingerprint density at radius 1 is 1.14 bits per heavy atom. The smallest absolute Gasteiger partial charge is 0.354 e. The number of aromatic nitrogens is 1. The van der Waals surface area contributed by atoms with E-state index in [0.29, 0.717) is 22.1 Å². The van der Waals surface area contributed by atoms with E-state index in [0.717, 1.165) is 4.90 Å². The summed E-state index contributed by atoms with van der Waals surface area (Å²) in [7, 11) is 1.20. The highest BCUT2D eigenvalue weighted by molar-refractivity contribution is 6.21. The number of ether oxygens (including phenoxy) is 1. The SMILES string of the molecule is COC(=O)c1cc2cc(CN3C(=O)c4ccccc4C3=O)cc([N+](=O)[O-])c2[nH]1. The van der Waals surface area contributed by atoms with E-state index in [1.807, 2.05) is 0 Å². The molecule has 2 heterocycles. The van der Waals surface area contributed by atoms with Crippen LogP contribution >= 0.6 is 0 Å². The number of rotatable bonds is 4. The van der Waals surface area contributed by atoms with E-state index < -0.39 is 22.7 Å². The van der Waals surface area contributed by atoms with Crippen LogP contribution in [0.2, 0.25) is 0 Å². The van der Waals surface area contributed by atoms with E-state index in [-0.39, 0.29) is 23.4 Å². The predicted molar refractivity (Wildman–Crippen MR) is 96.9 cm³/mol. The number of esters is 1. The van der Waals surface area contributed by atoms with Crippen molar-refractivity contribution in [2.75, 3.05) is 7.11 Å². The summed E-state index contributed by atoms with van der Waals surface area (Å²) in [6.45, 7) is -0.123. The number of carbonyl (C=O) groups excluding carboxylic acids is 3. The lowest BCUT2D eigenvalue weighted by Crippen LogP contribution is -2.29. The minimum absolute atomic E-state index is 0.0680. The van der Waals surface area contributed by atoms with Gasteiger partial charge in [0.2, 0.25) is 0 Å². The van der Waals surface area contributed by atoms with Gasteiger partial charge >= 0.3 is 5.97 Å². The number of hydrogen-bond acceptors (Lipinski definition) is 6. The van der Waals surface area contributed by atoms with E-state index >= 15 is 0 Å². The third kappa shape index (κ3) is 2.60. The Morgan fingerprint density at radius 2 is 1.79 bits per heavy atom. The van der Waals surface area contributed by atoms with Crippen molar-refractivity contribution in [1.29, 1.82) is 0 Å². The van der Waals surface area contributed by atoms with Crippen LogP contribution in [-0.2, 0) is 11.3 Å². The fourth-order valence-electron chi connectivity index (χ4n) is 3.31. The number of nitro groups is 1. The van der Waals surface area contributed by atoms with E-state index in [9.17, 15) is 24.5 Å². The number of H-pyrrole nitrogens is 1. The number of carbonyl (C=O) groups is 3. The molecule has 0 unspecified atom stereocenters. The molecule has 0 saturated heterocycles. The molecule has 9 heteroatoms. The molecule has 4 rings (SSSR count). The Hall–Kier alpha value is -4.01. The quantitative estimate of drug-likeness (QED) is 0.322.